The molecule has 0 saturated carbocycles. The van der Waals surface area contributed by atoms with Gasteiger partial charge in [-0.15, -0.1) is 0 Å². The summed E-state index contributed by atoms with van der Waals surface area (Å²) in [4.78, 5) is 0. The van der Waals surface area contributed by atoms with Gasteiger partial charge in [0.15, 0.2) is 0 Å². The quantitative estimate of drug-likeness (QED) is 0.260. The van der Waals surface area contributed by atoms with Crippen LogP contribution in [0.3, 0.4) is 0 Å². The van der Waals surface area contributed by atoms with E-state index in [9.17, 15) is 0 Å². The normalized spacial score (nSPS) is 0. The van der Waals surface area contributed by atoms with Gasteiger partial charge in [0.2, 0.25) is 0 Å². The molecule has 26 valence electrons. The molecule has 0 aliphatic heterocycles. The van der Waals surface area contributed by atoms with Crippen LogP contribution in [0.1, 0.15) is 0 Å². The van der Waals surface area contributed by atoms with Crippen molar-refractivity contribution in [1.29, 1.82) is 0 Å². The van der Waals surface area contributed by atoms with Gasteiger partial charge in [-0.3, -0.25) is 0 Å². The molecule has 0 unspecified atom stereocenters. The van der Waals surface area contributed by atoms with Crippen molar-refractivity contribution >= 4 is 114 Å². The first kappa shape index (κ1) is 61.1. The predicted octanol–water partition coefficient (Wildman–Crippen LogP) is -2.03. The van der Waals surface area contributed by atoms with Crippen LogP contribution in [-0.4, -0.2) is 114 Å². The first-order valence-corrected chi connectivity index (χ1v) is 0. The molecule has 0 aromatic heterocycles. The Bertz CT molecular complexity index is 19.7. The minimum absolute atomic E-state index is 0. The fraction of sp³-hybridized carbons (Fsp3) is 0. The van der Waals surface area contributed by atoms with Gasteiger partial charge in [0, 0.05) is 114 Å². The molecule has 0 N–H and O–H groups in total. The monoisotopic (exact) mass is 716 g/mol. The van der Waals surface area contributed by atoms with Gasteiger partial charge in [-0.05, 0) is 0 Å². The molecule has 7 heavy (non-hydrogen) atoms. The maximum absolute atomic E-state index is 0. The first-order chi connectivity index (χ1) is 0. The van der Waals surface area contributed by atoms with E-state index in [4.69, 9.17) is 0 Å². The Balaban J connectivity index is 0. The molecule has 0 aromatic rings. The Kier molecular flexibility index (Phi) is 400. The third-order valence-corrected chi connectivity index (χ3v) is 0. The molecule has 0 aliphatic carbocycles. The van der Waals surface area contributed by atoms with Gasteiger partial charge in [-0.1, -0.05) is 0 Å². The van der Waals surface area contributed by atoms with E-state index in [1.54, 1.807) is 0 Å². The van der Waals surface area contributed by atoms with E-state index in [1.807, 2.05) is 0 Å². The Hall–Kier alpha value is 4.65. The summed E-state index contributed by atoms with van der Waals surface area (Å²) in [6, 6.07) is 0. The summed E-state index contributed by atoms with van der Waals surface area (Å²) in [7, 11) is 0. The van der Waals surface area contributed by atoms with Crippen LogP contribution in [0.4, 0.5) is 0 Å². The van der Waals surface area contributed by atoms with Gasteiger partial charge in [0.25, 0.3) is 0 Å². The summed E-state index contributed by atoms with van der Waals surface area (Å²) in [5.74, 6) is 0. The molecule has 16 radical (unpaired) electrons. The average Bonchev–Trinajstić information content (AvgIpc) is 0. The maximum atomic E-state index is 0. The Labute approximate surface area is 144 Å². The van der Waals surface area contributed by atoms with Crippen LogP contribution in [0, 0.1) is 0 Å². The molecule has 0 saturated heterocycles. The summed E-state index contributed by atoms with van der Waals surface area (Å²) in [5, 5.41) is 0. The maximum Gasteiger partial charge on any atom is 2.00 e. The summed E-state index contributed by atoms with van der Waals surface area (Å²) >= 11 is 0. The summed E-state index contributed by atoms with van der Waals surface area (Å²) in [6.45, 7) is 0. The molecule has 0 atom stereocenters. The van der Waals surface area contributed by atoms with Crippen LogP contribution in [0.25, 0.3) is 0 Å². The molecule has 0 fully saturated rings. The molecular formula is CdGaGeInOPbSn. The van der Waals surface area contributed by atoms with Crippen LogP contribution >= 0.6 is 0 Å². The third-order valence-electron chi connectivity index (χ3n) is 0. The molecular weight excluding hydrogens is 711 g/mol. The van der Waals surface area contributed by atoms with Crippen molar-refractivity contribution < 1.29 is 32.8 Å². The fourth-order valence-corrected chi connectivity index (χ4v) is 0. The number of hydrogen-bond donors (Lipinski definition) is 0. The van der Waals surface area contributed by atoms with Crippen molar-refractivity contribution in [3.8, 4) is 0 Å². The van der Waals surface area contributed by atoms with Crippen molar-refractivity contribution in [3.63, 3.8) is 0 Å². The van der Waals surface area contributed by atoms with E-state index in [1.165, 1.54) is 0 Å². The van der Waals surface area contributed by atoms with E-state index in [2.05, 4.69) is 0 Å². The molecule has 0 aromatic carbocycles. The standard InChI is InChI=1S/Cd.Ga.Ge.In.O.Pb.Sn/q;;;;-2;+2;. The largest absolute Gasteiger partial charge is 2.00 e. The zero-order valence-corrected chi connectivity index (χ0v) is 22.4. The Morgan fingerprint density at radius 3 is 1.00 bits per heavy atom. The number of rotatable bonds is 0. The third kappa shape index (κ3) is 36.8. The SMILES string of the molecule is [Cd].[Ga].[Ge].[In].[O-2].[Pb+2].[Sn]. The molecule has 0 aliphatic rings. The van der Waals surface area contributed by atoms with E-state index in [0.717, 1.165) is 0 Å². The molecule has 7 heteroatoms. The zero-order valence-electron chi connectivity index (χ0n) is 3.77. The van der Waals surface area contributed by atoms with Crippen LogP contribution in [0.15, 0.2) is 0 Å². The Morgan fingerprint density at radius 2 is 1.00 bits per heavy atom. The van der Waals surface area contributed by atoms with Crippen molar-refractivity contribution in [1.82, 2.24) is 0 Å². The summed E-state index contributed by atoms with van der Waals surface area (Å²) in [6.07, 6.45) is 0. The fourth-order valence-electron chi connectivity index (χ4n) is 0. The average molecular weight is 711 g/mol. The van der Waals surface area contributed by atoms with Gasteiger partial charge in [-0.2, -0.15) is 0 Å². The van der Waals surface area contributed by atoms with Gasteiger partial charge in [-0.25, -0.2) is 0 Å². The molecule has 0 amide bonds. The van der Waals surface area contributed by atoms with E-state index >= 15 is 0 Å². The molecule has 1 nitrogen and oxygen atoms in total. The van der Waals surface area contributed by atoms with E-state index in [-0.39, 0.29) is 147 Å². The molecule has 0 rings (SSSR count). The second-order valence-electron chi connectivity index (χ2n) is 0. The van der Waals surface area contributed by atoms with Gasteiger partial charge in [0.1, 0.15) is 0 Å². The second-order valence-corrected chi connectivity index (χ2v) is 0. The van der Waals surface area contributed by atoms with E-state index in [0.29, 0.717) is 0 Å². The van der Waals surface area contributed by atoms with Crippen LogP contribution in [0.2, 0.25) is 0 Å². The molecule has 0 spiro atoms. The molecule has 0 heterocycles. The van der Waals surface area contributed by atoms with Gasteiger partial charge in [0.05, 0.1) is 0 Å². The Morgan fingerprint density at radius 1 is 1.00 bits per heavy atom. The molecule has 0 bridgehead atoms. The van der Waals surface area contributed by atoms with E-state index < -0.39 is 0 Å². The van der Waals surface area contributed by atoms with Crippen LogP contribution in [0.5, 0.6) is 0 Å². The van der Waals surface area contributed by atoms with Gasteiger partial charge >= 0.3 is 27.3 Å². The second kappa shape index (κ2) is 45.9. The van der Waals surface area contributed by atoms with Crippen molar-refractivity contribution in [2.45, 2.75) is 0 Å². The van der Waals surface area contributed by atoms with Crippen molar-refractivity contribution in [2.75, 3.05) is 0 Å². The summed E-state index contributed by atoms with van der Waals surface area (Å²) < 4.78 is 0. The minimum Gasteiger partial charge on any atom is -2.00 e. The van der Waals surface area contributed by atoms with Crippen LogP contribution in [-0.2, 0) is 32.8 Å². The smallest absolute Gasteiger partial charge is 2.00 e. The topological polar surface area (TPSA) is 28.5 Å². The first-order valence-electron chi connectivity index (χ1n) is 0. The minimum atomic E-state index is 0. The van der Waals surface area contributed by atoms with Crippen molar-refractivity contribution in [3.05, 3.63) is 0 Å². The zero-order chi connectivity index (χ0) is 0. The number of hydrogen-bond acceptors (Lipinski definition) is 0. The van der Waals surface area contributed by atoms with Gasteiger partial charge < -0.3 is 5.48 Å². The van der Waals surface area contributed by atoms with Crippen molar-refractivity contribution in [2.24, 2.45) is 0 Å². The van der Waals surface area contributed by atoms with Crippen LogP contribution < -0.4 is 0 Å². The summed E-state index contributed by atoms with van der Waals surface area (Å²) in [5.41, 5.74) is 0. The predicted molar refractivity (Wildman–Crippen MR) is 29.5 cm³/mol.